The van der Waals surface area contributed by atoms with Gasteiger partial charge in [-0.25, -0.2) is 9.07 Å². The fourth-order valence-electron chi connectivity index (χ4n) is 1.27. The van der Waals surface area contributed by atoms with Crippen LogP contribution in [0.1, 0.15) is 0 Å². The van der Waals surface area contributed by atoms with Crippen molar-refractivity contribution in [3.63, 3.8) is 0 Å². The van der Waals surface area contributed by atoms with Gasteiger partial charge in [-0.1, -0.05) is 0 Å². The van der Waals surface area contributed by atoms with Crippen LogP contribution >= 0.6 is 0 Å². The van der Waals surface area contributed by atoms with Gasteiger partial charge in [0.25, 0.3) is 0 Å². The summed E-state index contributed by atoms with van der Waals surface area (Å²) in [5.41, 5.74) is 5.78. The summed E-state index contributed by atoms with van der Waals surface area (Å²) in [5.74, 6) is 0.416. The Morgan fingerprint density at radius 3 is 2.73 bits per heavy atom. The first kappa shape index (κ1) is 9.51. The second kappa shape index (κ2) is 3.61. The molecule has 0 atom stereocenters. The van der Waals surface area contributed by atoms with E-state index < -0.39 is 5.82 Å². The summed E-state index contributed by atoms with van der Waals surface area (Å²) >= 11 is 0. The molecule has 0 fully saturated rings. The molecule has 1 aromatic heterocycles. The van der Waals surface area contributed by atoms with Crippen LogP contribution in [0.5, 0.6) is 5.75 Å². The molecule has 1 heterocycles. The lowest BCUT2D eigenvalue weighted by atomic mass is 10.3. The molecular formula is C10H10FN3O. The summed E-state index contributed by atoms with van der Waals surface area (Å²) in [4.78, 5) is 0. The summed E-state index contributed by atoms with van der Waals surface area (Å²) in [6.07, 6.45) is 1.60. The third-order valence-corrected chi connectivity index (χ3v) is 2.01. The molecule has 0 aliphatic heterocycles. The molecule has 0 spiro atoms. The van der Waals surface area contributed by atoms with E-state index in [4.69, 9.17) is 10.5 Å². The number of hydrogen-bond donors (Lipinski definition) is 1. The quantitative estimate of drug-likeness (QED) is 0.813. The van der Waals surface area contributed by atoms with Crippen LogP contribution in [0.25, 0.3) is 5.69 Å². The highest BCUT2D eigenvalue weighted by Gasteiger charge is 2.06. The Labute approximate surface area is 86.1 Å². The minimum absolute atomic E-state index is 0.340. The largest absolute Gasteiger partial charge is 0.497 e. The third-order valence-electron chi connectivity index (χ3n) is 2.01. The molecule has 0 aliphatic rings. The van der Waals surface area contributed by atoms with Gasteiger partial charge in [-0.3, -0.25) is 0 Å². The van der Waals surface area contributed by atoms with Gasteiger partial charge in [0.1, 0.15) is 17.3 Å². The highest BCUT2D eigenvalue weighted by Crippen LogP contribution is 2.19. The number of halogens is 1. The predicted octanol–water partition coefficient (Wildman–Crippen LogP) is 1.60. The molecule has 78 valence electrons. The molecule has 2 N–H and O–H groups in total. The molecule has 0 amide bonds. The van der Waals surface area contributed by atoms with Crippen molar-refractivity contribution in [2.24, 2.45) is 0 Å². The van der Waals surface area contributed by atoms with E-state index in [1.165, 1.54) is 17.9 Å². The Kier molecular flexibility index (Phi) is 2.29. The highest BCUT2D eigenvalue weighted by molar-refractivity contribution is 5.40. The Hall–Kier alpha value is -2.04. The maximum Gasteiger partial charge on any atom is 0.152 e. The monoisotopic (exact) mass is 207 g/mol. The first-order chi connectivity index (χ1) is 7.20. The smallest absolute Gasteiger partial charge is 0.152 e. The van der Waals surface area contributed by atoms with Crippen LogP contribution < -0.4 is 10.5 Å². The van der Waals surface area contributed by atoms with Crippen molar-refractivity contribution >= 4 is 5.82 Å². The first-order valence-corrected chi connectivity index (χ1v) is 4.36. The van der Waals surface area contributed by atoms with Crippen LogP contribution in [0, 0.1) is 5.82 Å². The number of ether oxygens (including phenoxy) is 1. The summed E-state index contributed by atoms with van der Waals surface area (Å²) in [7, 11) is 1.49. The number of nitrogens with two attached hydrogens (primary N) is 1. The molecule has 0 unspecified atom stereocenters. The average Bonchev–Trinajstić information content (AvgIpc) is 2.64. The Balaban J connectivity index is 2.45. The summed E-state index contributed by atoms with van der Waals surface area (Å²) in [6, 6.07) is 6.15. The van der Waals surface area contributed by atoms with E-state index in [0.717, 1.165) is 0 Å². The molecule has 0 saturated carbocycles. The van der Waals surface area contributed by atoms with Crippen molar-refractivity contribution in [1.29, 1.82) is 0 Å². The molecule has 2 aromatic rings. The van der Waals surface area contributed by atoms with Crippen molar-refractivity contribution in [2.45, 2.75) is 0 Å². The van der Waals surface area contributed by atoms with Gasteiger partial charge in [-0.15, -0.1) is 0 Å². The van der Waals surface area contributed by atoms with E-state index in [0.29, 0.717) is 17.3 Å². The van der Waals surface area contributed by atoms with Gasteiger partial charge in [-0.2, -0.15) is 5.10 Å². The van der Waals surface area contributed by atoms with E-state index in [1.54, 1.807) is 24.4 Å². The molecule has 0 saturated heterocycles. The zero-order valence-corrected chi connectivity index (χ0v) is 8.14. The number of aromatic nitrogens is 2. The van der Waals surface area contributed by atoms with Gasteiger partial charge in [0.15, 0.2) is 5.82 Å². The number of benzene rings is 1. The second-order valence-electron chi connectivity index (χ2n) is 3.00. The van der Waals surface area contributed by atoms with E-state index in [-0.39, 0.29) is 0 Å². The van der Waals surface area contributed by atoms with Crippen molar-refractivity contribution in [3.05, 3.63) is 36.3 Å². The number of nitrogens with zero attached hydrogens (tertiary/aromatic N) is 2. The van der Waals surface area contributed by atoms with Crippen molar-refractivity contribution in [2.75, 3.05) is 12.8 Å². The van der Waals surface area contributed by atoms with Crippen molar-refractivity contribution in [3.8, 4) is 11.4 Å². The number of hydrogen-bond acceptors (Lipinski definition) is 3. The highest BCUT2D eigenvalue weighted by atomic mass is 19.1. The van der Waals surface area contributed by atoms with E-state index in [2.05, 4.69) is 5.10 Å². The number of methoxy groups -OCH3 is 1. The zero-order chi connectivity index (χ0) is 10.8. The van der Waals surface area contributed by atoms with Gasteiger partial charge < -0.3 is 10.5 Å². The van der Waals surface area contributed by atoms with Crippen LogP contribution in [-0.4, -0.2) is 16.9 Å². The number of anilines is 1. The standard InChI is InChI=1S/C10H10FN3O/c1-15-7-2-3-9(8(11)6-7)14-5-4-10(12)13-14/h2-6H,1H3,(H2,12,13). The first-order valence-electron chi connectivity index (χ1n) is 4.36. The van der Waals surface area contributed by atoms with Crippen molar-refractivity contribution in [1.82, 2.24) is 9.78 Å². The molecular weight excluding hydrogens is 197 g/mol. The molecule has 5 heteroatoms. The molecule has 2 rings (SSSR count). The third kappa shape index (κ3) is 1.76. The summed E-state index contributed by atoms with van der Waals surface area (Å²) in [5, 5.41) is 3.91. The summed E-state index contributed by atoms with van der Waals surface area (Å²) in [6.45, 7) is 0. The Bertz CT molecular complexity index is 481. The molecule has 4 nitrogen and oxygen atoms in total. The lowest BCUT2D eigenvalue weighted by Crippen LogP contribution is -1.99. The van der Waals surface area contributed by atoms with Gasteiger partial charge >= 0.3 is 0 Å². The Morgan fingerprint density at radius 2 is 2.20 bits per heavy atom. The van der Waals surface area contributed by atoms with Gasteiger partial charge in [0.05, 0.1) is 7.11 Å². The van der Waals surface area contributed by atoms with Crippen LogP contribution in [0.2, 0.25) is 0 Å². The minimum Gasteiger partial charge on any atom is -0.497 e. The minimum atomic E-state index is -0.405. The maximum atomic E-state index is 13.6. The SMILES string of the molecule is COc1ccc(-n2ccc(N)n2)c(F)c1. The molecule has 0 radical (unpaired) electrons. The van der Waals surface area contributed by atoms with Gasteiger partial charge in [0, 0.05) is 18.3 Å². The lowest BCUT2D eigenvalue weighted by Gasteiger charge is -2.05. The second-order valence-corrected chi connectivity index (χ2v) is 3.00. The fraction of sp³-hybridized carbons (Fsp3) is 0.100. The average molecular weight is 207 g/mol. The topological polar surface area (TPSA) is 53.1 Å². The lowest BCUT2D eigenvalue weighted by molar-refractivity contribution is 0.411. The Morgan fingerprint density at radius 1 is 1.40 bits per heavy atom. The summed E-state index contributed by atoms with van der Waals surface area (Å²) < 4.78 is 19.8. The van der Waals surface area contributed by atoms with Crippen LogP contribution in [0.4, 0.5) is 10.2 Å². The number of nitrogen functional groups attached to an aromatic ring is 1. The molecule has 0 aliphatic carbocycles. The number of rotatable bonds is 2. The molecule has 1 aromatic carbocycles. The van der Waals surface area contributed by atoms with E-state index >= 15 is 0 Å². The van der Waals surface area contributed by atoms with E-state index in [1.807, 2.05) is 0 Å². The van der Waals surface area contributed by atoms with Gasteiger partial charge in [-0.05, 0) is 12.1 Å². The van der Waals surface area contributed by atoms with Crippen molar-refractivity contribution < 1.29 is 9.13 Å². The molecule has 15 heavy (non-hydrogen) atoms. The van der Waals surface area contributed by atoms with Gasteiger partial charge in [0.2, 0.25) is 0 Å². The fourth-order valence-corrected chi connectivity index (χ4v) is 1.27. The van der Waals surface area contributed by atoms with Crippen LogP contribution in [-0.2, 0) is 0 Å². The van der Waals surface area contributed by atoms with Crippen LogP contribution in [0.15, 0.2) is 30.5 Å². The zero-order valence-electron chi connectivity index (χ0n) is 8.14. The predicted molar refractivity (Wildman–Crippen MR) is 54.5 cm³/mol. The normalized spacial score (nSPS) is 10.3. The molecule has 0 bridgehead atoms. The maximum absolute atomic E-state index is 13.6. The van der Waals surface area contributed by atoms with Crippen LogP contribution in [0.3, 0.4) is 0 Å². The van der Waals surface area contributed by atoms with E-state index in [9.17, 15) is 4.39 Å².